The van der Waals surface area contributed by atoms with Gasteiger partial charge in [-0.2, -0.15) is 23.4 Å². The van der Waals surface area contributed by atoms with Gasteiger partial charge in [-0.05, 0) is 17.7 Å². The van der Waals surface area contributed by atoms with Crippen molar-refractivity contribution in [2.24, 2.45) is 7.05 Å². The molecular weight excluding hydrogens is 519 g/mol. The summed E-state index contributed by atoms with van der Waals surface area (Å²) in [5.41, 5.74) is 2.62. The van der Waals surface area contributed by atoms with E-state index in [0.717, 1.165) is 5.56 Å². The van der Waals surface area contributed by atoms with Gasteiger partial charge in [0.2, 0.25) is 0 Å². The molecule has 0 saturated carbocycles. The van der Waals surface area contributed by atoms with E-state index in [9.17, 15) is 18.0 Å². The van der Waals surface area contributed by atoms with Crippen LogP contribution in [0.4, 0.5) is 23.8 Å². The number of aromatic nitrogens is 4. The minimum Gasteiger partial charge on any atom is -0.333 e. The molecule has 2 unspecified atom stereocenters. The van der Waals surface area contributed by atoms with Gasteiger partial charge in [-0.25, -0.2) is 9.48 Å². The van der Waals surface area contributed by atoms with E-state index in [2.05, 4.69) is 20.8 Å². The molecule has 0 bridgehead atoms. The molecule has 2 aromatic heterocycles. The smallest absolute Gasteiger partial charge is 0.333 e. The molecule has 1 aliphatic rings. The molecule has 2 N–H and O–H groups in total. The maximum atomic E-state index is 13.2. The number of halogens is 4. The van der Waals surface area contributed by atoms with E-state index in [0.29, 0.717) is 16.9 Å². The van der Waals surface area contributed by atoms with E-state index in [4.69, 9.17) is 11.6 Å². The van der Waals surface area contributed by atoms with E-state index in [-0.39, 0.29) is 29.8 Å². The van der Waals surface area contributed by atoms with Gasteiger partial charge in [0, 0.05) is 37.8 Å². The lowest BCUT2D eigenvalue weighted by molar-refractivity contribution is -0.143. The Morgan fingerprint density at radius 1 is 1.08 bits per heavy atom. The Bertz CT molecular complexity index is 1410. The van der Waals surface area contributed by atoms with Crippen molar-refractivity contribution in [3.05, 3.63) is 83.6 Å². The van der Waals surface area contributed by atoms with Crippen LogP contribution in [-0.4, -0.2) is 62.3 Å². The van der Waals surface area contributed by atoms with Crippen LogP contribution in [0.3, 0.4) is 0 Å². The molecule has 0 aliphatic carbocycles. The molecule has 12 heteroatoms. The fourth-order valence-electron chi connectivity index (χ4n) is 4.76. The van der Waals surface area contributed by atoms with Gasteiger partial charge in [0.05, 0.1) is 24.5 Å². The van der Waals surface area contributed by atoms with Crippen molar-refractivity contribution in [3.8, 4) is 16.9 Å². The standard InChI is InChI=1S/C26H25ClF3N7O/c1-35-13-18(12-31-35)23-22(27)24(37(34-23)19-10-6-3-7-11-19)33-25(38)32-21-15-36(16-26(28,29)30)14-20(21)17-8-4-2-5-9-17/h2-13,20-21H,14-16H2,1H3,(H2,32,33,38). The average molecular weight is 544 g/mol. The van der Waals surface area contributed by atoms with Crippen LogP contribution in [0.15, 0.2) is 73.1 Å². The third-order valence-corrected chi connectivity index (χ3v) is 6.74. The van der Waals surface area contributed by atoms with Crippen LogP contribution in [0.2, 0.25) is 5.02 Å². The van der Waals surface area contributed by atoms with Crippen LogP contribution in [-0.2, 0) is 7.05 Å². The van der Waals surface area contributed by atoms with Gasteiger partial charge >= 0.3 is 12.2 Å². The highest BCUT2D eigenvalue weighted by atomic mass is 35.5. The number of hydrogen-bond donors (Lipinski definition) is 2. The molecule has 2 aromatic carbocycles. The molecule has 4 aromatic rings. The predicted octanol–water partition coefficient (Wildman–Crippen LogP) is 5.08. The van der Waals surface area contributed by atoms with E-state index < -0.39 is 24.8 Å². The number of carbonyl (C=O) groups is 1. The Labute approximate surface area is 222 Å². The molecule has 1 saturated heterocycles. The first-order valence-corrected chi connectivity index (χ1v) is 12.3. The van der Waals surface area contributed by atoms with E-state index in [1.807, 2.05) is 60.7 Å². The first kappa shape index (κ1) is 25.8. The number of para-hydroxylation sites is 1. The lowest BCUT2D eigenvalue weighted by Crippen LogP contribution is -2.43. The maximum absolute atomic E-state index is 13.2. The van der Waals surface area contributed by atoms with Crippen molar-refractivity contribution < 1.29 is 18.0 Å². The number of nitrogens with one attached hydrogen (secondary N) is 2. The average Bonchev–Trinajstić information content (AvgIpc) is 3.57. The minimum atomic E-state index is -4.34. The molecule has 198 valence electrons. The zero-order valence-electron chi connectivity index (χ0n) is 20.4. The van der Waals surface area contributed by atoms with Crippen molar-refractivity contribution in [2.45, 2.75) is 18.1 Å². The topological polar surface area (TPSA) is 80.0 Å². The summed E-state index contributed by atoms with van der Waals surface area (Å²) in [4.78, 5) is 14.6. The second-order valence-corrected chi connectivity index (χ2v) is 9.57. The molecule has 1 aliphatic heterocycles. The van der Waals surface area contributed by atoms with Crippen molar-refractivity contribution >= 4 is 23.4 Å². The minimum absolute atomic E-state index is 0.0547. The third-order valence-electron chi connectivity index (χ3n) is 6.38. The quantitative estimate of drug-likeness (QED) is 0.355. The summed E-state index contributed by atoms with van der Waals surface area (Å²) in [6.45, 7) is -0.821. The van der Waals surface area contributed by atoms with Crippen LogP contribution in [0.5, 0.6) is 0 Å². The Kier molecular flexibility index (Phi) is 7.13. The number of aryl methyl sites for hydroxylation is 1. The highest BCUT2D eigenvalue weighted by molar-refractivity contribution is 6.36. The summed E-state index contributed by atoms with van der Waals surface area (Å²) >= 11 is 6.71. The highest BCUT2D eigenvalue weighted by Crippen LogP contribution is 2.35. The largest absolute Gasteiger partial charge is 0.401 e. The van der Waals surface area contributed by atoms with Crippen LogP contribution in [0, 0.1) is 0 Å². The SMILES string of the molecule is Cn1cc(-c2nn(-c3ccccc3)c(NC(=O)NC3CN(CC(F)(F)F)CC3c3ccccc3)c2Cl)cn1. The number of anilines is 1. The van der Waals surface area contributed by atoms with E-state index >= 15 is 0 Å². The number of alkyl halides is 3. The normalized spacial score (nSPS) is 18.0. The highest BCUT2D eigenvalue weighted by Gasteiger charge is 2.40. The zero-order chi connectivity index (χ0) is 26.9. The molecule has 38 heavy (non-hydrogen) atoms. The van der Waals surface area contributed by atoms with E-state index in [1.165, 1.54) is 9.58 Å². The van der Waals surface area contributed by atoms with Crippen molar-refractivity contribution in [1.29, 1.82) is 0 Å². The zero-order valence-corrected chi connectivity index (χ0v) is 21.1. The molecule has 2 amide bonds. The second-order valence-electron chi connectivity index (χ2n) is 9.19. The van der Waals surface area contributed by atoms with Crippen molar-refractivity contribution in [2.75, 3.05) is 25.0 Å². The number of nitrogens with zero attached hydrogens (tertiary/aromatic N) is 5. The summed E-state index contributed by atoms with van der Waals surface area (Å²) in [6.07, 6.45) is -0.964. The second kappa shape index (κ2) is 10.5. The van der Waals surface area contributed by atoms with Crippen LogP contribution in [0.1, 0.15) is 11.5 Å². The fraction of sp³-hybridized carbons (Fsp3) is 0.269. The van der Waals surface area contributed by atoms with Crippen LogP contribution < -0.4 is 10.6 Å². The number of urea groups is 1. The molecule has 0 radical (unpaired) electrons. The number of rotatable bonds is 6. The molecule has 3 heterocycles. The molecule has 0 spiro atoms. The van der Waals surface area contributed by atoms with Gasteiger partial charge in [-0.1, -0.05) is 60.1 Å². The third kappa shape index (κ3) is 5.68. The Hall–Kier alpha value is -3.83. The molecule has 1 fully saturated rings. The number of amides is 2. The first-order chi connectivity index (χ1) is 18.2. The van der Waals surface area contributed by atoms with Crippen LogP contribution >= 0.6 is 11.6 Å². The Morgan fingerprint density at radius 3 is 2.39 bits per heavy atom. The Morgan fingerprint density at radius 2 is 1.76 bits per heavy atom. The van der Waals surface area contributed by atoms with E-state index in [1.54, 1.807) is 24.1 Å². The van der Waals surface area contributed by atoms with Gasteiger partial charge in [0.1, 0.15) is 10.7 Å². The fourth-order valence-corrected chi connectivity index (χ4v) is 5.03. The van der Waals surface area contributed by atoms with Gasteiger partial charge in [0.15, 0.2) is 5.82 Å². The number of hydrogen-bond acceptors (Lipinski definition) is 4. The monoisotopic (exact) mass is 543 g/mol. The van der Waals surface area contributed by atoms with Crippen LogP contribution in [0.25, 0.3) is 16.9 Å². The summed E-state index contributed by atoms with van der Waals surface area (Å²) in [5.74, 6) is -0.0830. The number of carbonyl (C=O) groups excluding carboxylic acids is 1. The lowest BCUT2D eigenvalue weighted by atomic mass is 9.94. The lowest BCUT2D eigenvalue weighted by Gasteiger charge is -2.21. The number of benzene rings is 2. The molecule has 5 rings (SSSR count). The summed E-state index contributed by atoms with van der Waals surface area (Å²) in [5, 5.41) is 14.7. The maximum Gasteiger partial charge on any atom is 0.401 e. The predicted molar refractivity (Wildman–Crippen MR) is 138 cm³/mol. The number of likely N-dealkylation sites (tertiary alicyclic amines) is 1. The van der Waals surface area contributed by atoms with Crippen molar-refractivity contribution in [3.63, 3.8) is 0 Å². The first-order valence-electron chi connectivity index (χ1n) is 11.9. The molecule has 8 nitrogen and oxygen atoms in total. The summed E-state index contributed by atoms with van der Waals surface area (Å²) < 4.78 is 42.5. The van der Waals surface area contributed by atoms with Gasteiger partial charge in [0.25, 0.3) is 0 Å². The van der Waals surface area contributed by atoms with Crippen molar-refractivity contribution in [1.82, 2.24) is 29.8 Å². The molecule has 2 atom stereocenters. The molecular formula is C26H25ClF3N7O. The Balaban J connectivity index is 1.42. The summed E-state index contributed by atoms with van der Waals surface area (Å²) in [6, 6.07) is 17.2. The van der Waals surface area contributed by atoms with Gasteiger partial charge in [-0.15, -0.1) is 0 Å². The van der Waals surface area contributed by atoms with Gasteiger partial charge < -0.3 is 5.32 Å². The van der Waals surface area contributed by atoms with Gasteiger partial charge in [-0.3, -0.25) is 14.9 Å². The summed E-state index contributed by atoms with van der Waals surface area (Å²) in [7, 11) is 1.77.